The standard InChI is InChI=1S/C24H30N2O3S/c1-3-24(18-8-6-9-19(12-18)25-30(2,28)29)21-14-26(15-22(21)24)13-17-11-16-7-4-5-10-20(16)23(17)27/h4-10,12,17,21-23,25,27H,3,11,13-15H2,1-2H3/t17?,21-,22+,23?,24?. The van der Waals surface area contributed by atoms with Crippen LogP contribution in [0.15, 0.2) is 48.5 Å². The fourth-order valence-electron chi connectivity index (χ4n) is 6.36. The van der Waals surface area contributed by atoms with E-state index >= 15 is 0 Å². The summed E-state index contributed by atoms with van der Waals surface area (Å²) in [5, 5.41) is 10.7. The average molecular weight is 427 g/mol. The highest BCUT2D eigenvalue weighted by Crippen LogP contribution is 2.65. The van der Waals surface area contributed by atoms with Gasteiger partial charge in [-0.3, -0.25) is 4.72 Å². The van der Waals surface area contributed by atoms with Crippen molar-refractivity contribution in [3.63, 3.8) is 0 Å². The number of benzene rings is 2. The van der Waals surface area contributed by atoms with Crippen molar-refractivity contribution in [3.05, 3.63) is 65.2 Å². The predicted molar refractivity (Wildman–Crippen MR) is 119 cm³/mol. The Kier molecular flexibility index (Phi) is 4.73. The number of rotatable bonds is 6. The zero-order chi connectivity index (χ0) is 21.1. The first-order chi connectivity index (χ1) is 14.3. The molecule has 1 aliphatic heterocycles. The summed E-state index contributed by atoms with van der Waals surface area (Å²) in [6.45, 7) is 5.30. The third-order valence-corrected chi connectivity index (χ3v) is 8.30. The van der Waals surface area contributed by atoms with E-state index in [-0.39, 0.29) is 17.4 Å². The molecule has 1 heterocycles. The van der Waals surface area contributed by atoms with Crippen molar-refractivity contribution in [2.75, 3.05) is 30.6 Å². The van der Waals surface area contributed by atoms with Crippen LogP contribution in [-0.4, -0.2) is 44.3 Å². The Hall–Kier alpha value is -1.89. The Balaban J connectivity index is 1.27. The van der Waals surface area contributed by atoms with Crippen LogP contribution in [0.5, 0.6) is 0 Å². The molecule has 0 amide bonds. The summed E-state index contributed by atoms with van der Waals surface area (Å²) in [5.41, 5.74) is 4.45. The number of aliphatic hydroxyl groups excluding tert-OH is 1. The Morgan fingerprint density at radius 1 is 1.13 bits per heavy atom. The average Bonchev–Trinajstić information content (AvgIpc) is 2.96. The lowest BCUT2D eigenvalue weighted by molar-refractivity contribution is 0.0932. The quantitative estimate of drug-likeness (QED) is 0.744. The van der Waals surface area contributed by atoms with E-state index < -0.39 is 10.0 Å². The van der Waals surface area contributed by atoms with Crippen molar-refractivity contribution >= 4 is 15.7 Å². The van der Waals surface area contributed by atoms with Gasteiger partial charge < -0.3 is 10.0 Å². The fraction of sp³-hybridized carbons (Fsp3) is 0.500. The van der Waals surface area contributed by atoms with Gasteiger partial charge in [0.15, 0.2) is 0 Å². The minimum atomic E-state index is -3.28. The molecule has 1 saturated heterocycles. The van der Waals surface area contributed by atoms with Gasteiger partial charge >= 0.3 is 0 Å². The van der Waals surface area contributed by atoms with Gasteiger partial charge in [0.25, 0.3) is 0 Å². The molecule has 5 atom stereocenters. The maximum Gasteiger partial charge on any atom is 0.229 e. The van der Waals surface area contributed by atoms with Gasteiger partial charge in [0.1, 0.15) is 0 Å². The number of fused-ring (bicyclic) bond motifs is 2. The maximum absolute atomic E-state index is 11.6. The van der Waals surface area contributed by atoms with Gasteiger partial charge in [0.05, 0.1) is 12.4 Å². The van der Waals surface area contributed by atoms with Crippen molar-refractivity contribution in [2.24, 2.45) is 17.8 Å². The topological polar surface area (TPSA) is 69.6 Å². The first-order valence-corrected chi connectivity index (χ1v) is 12.8. The Labute approximate surface area is 179 Å². The molecular formula is C24H30N2O3S. The molecule has 2 fully saturated rings. The van der Waals surface area contributed by atoms with Gasteiger partial charge in [-0.15, -0.1) is 0 Å². The van der Waals surface area contributed by atoms with Gasteiger partial charge in [-0.05, 0) is 53.5 Å². The lowest BCUT2D eigenvalue weighted by Crippen LogP contribution is -2.35. The first-order valence-electron chi connectivity index (χ1n) is 10.9. The Morgan fingerprint density at radius 3 is 2.53 bits per heavy atom. The normalized spacial score (nSPS) is 32.6. The molecule has 3 aliphatic rings. The number of sulfonamides is 1. The largest absolute Gasteiger partial charge is 0.388 e. The van der Waals surface area contributed by atoms with Gasteiger partial charge in [0.2, 0.25) is 10.0 Å². The molecule has 3 unspecified atom stereocenters. The van der Waals surface area contributed by atoms with E-state index in [4.69, 9.17) is 0 Å². The van der Waals surface area contributed by atoms with Gasteiger partial charge in [-0.1, -0.05) is 43.3 Å². The molecule has 0 radical (unpaired) electrons. The van der Waals surface area contributed by atoms with E-state index in [0.29, 0.717) is 17.5 Å². The van der Waals surface area contributed by atoms with Crippen molar-refractivity contribution < 1.29 is 13.5 Å². The number of hydrogen-bond donors (Lipinski definition) is 2. The third-order valence-electron chi connectivity index (χ3n) is 7.69. The molecule has 5 rings (SSSR count). The van der Waals surface area contributed by atoms with Crippen LogP contribution in [0.3, 0.4) is 0 Å². The van der Waals surface area contributed by atoms with E-state index in [2.05, 4.69) is 40.8 Å². The van der Waals surface area contributed by atoms with Gasteiger partial charge in [-0.2, -0.15) is 0 Å². The number of hydrogen-bond acceptors (Lipinski definition) is 4. The molecule has 2 aromatic carbocycles. The minimum Gasteiger partial charge on any atom is -0.388 e. The highest BCUT2D eigenvalue weighted by atomic mass is 32.2. The highest BCUT2D eigenvalue weighted by molar-refractivity contribution is 7.92. The molecule has 5 nitrogen and oxygen atoms in total. The van der Waals surface area contributed by atoms with Crippen molar-refractivity contribution in [3.8, 4) is 0 Å². The molecule has 0 bridgehead atoms. The predicted octanol–water partition coefficient (Wildman–Crippen LogP) is 3.17. The molecule has 160 valence electrons. The molecule has 2 aliphatic carbocycles. The van der Waals surface area contributed by atoms with E-state index in [9.17, 15) is 13.5 Å². The van der Waals surface area contributed by atoms with Crippen LogP contribution < -0.4 is 4.72 Å². The summed E-state index contributed by atoms with van der Waals surface area (Å²) in [6, 6.07) is 16.2. The number of nitrogens with zero attached hydrogens (tertiary/aromatic N) is 1. The number of piperidine rings is 1. The minimum absolute atomic E-state index is 0.156. The lowest BCUT2D eigenvalue weighted by Gasteiger charge is -2.29. The van der Waals surface area contributed by atoms with Crippen LogP contribution >= 0.6 is 0 Å². The SMILES string of the molecule is CCC1(c2cccc(NS(C)(=O)=O)c2)[C@@H]2CN(CC3Cc4ccccc4C3O)C[C@@H]21. The maximum atomic E-state index is 11.6. The van der Waals surface area contributed by atoms with Crippen LogP contribution in [0.1, 0.15) is 36.1 Å². The van der Waals surface area contributed by atoms with Crippen LogP contribution in [0.25, 0.3) is 0 Å². The third kappa shape index (κ3) is 3.26. The van der Waals surface area contributed by atoms with Crippen LogP contribution in [0.2, 0.25) is 0 Å². The summed E-state index contributed by atoms with van der Waals surface area (Å²) in [5.74, 6) is 1.49. The molecule has 2 N–H and O–H groups in total. The molecule has 1 saturated carbocycles. The zero-order valence-corrected chi connectivity index (χ0v) is 18.4. The second kappa shape index (κ2) is 7.08. The Bertz CT molecular complexity index is 1060. The van der Waals surface area contributed by atoms with Gasteiger partial charge in [0, 0.05) is 36.7 Å². The van der Waals surface area contributed by atoms with E-state index in [0.717, 1.165) is 38.0 Å². The molecule has 2 aromatic rings. The van der Waals surface area contributed by atoms with Crippen LogP contribution in [0, 0.1) is 17.8 Å². The second-order valence-corrected chi connectivity index (χ2v) is 11.1. The van der Waals surface area contributed by atoms with Crippen molar-refractivity contribution in [1.29, 1.82) is 0 Å². The van der Waals surface area contributed by atoms with Crippen molar-refractivity contribution in [2.45, 2.75) is 31.3 Å². The van der Waals surface area contributed by atoms with E-state index in [1.54, 1.807) is 0 Å². The van der Waals surface area contributed by atoms with E-state index in [1.165, 1.54) is 17.4 Å². The van der Waals surface area contributed by atoms with Crippen LogP contribution in [-0.2, 0) is 21.9 Å². The van der Waals surface area contributed by atoms with Crippen molar-refractivity contribution in [1.82, 2.24) is 4.90 Å². The van der Waals surface area contributed by atoms with E-state index in [1.807, 2.05) is 24.3 Å². The molecule has 30 heavy (non-hydrogen) atoms. The number of anilines is 1. The number of aliphatic hydroxyl groups is 1. The molecule has 6 heteroatoms. The molecule has 0 aromatic heterocycles. The number of likely N-dealkylation sites (tertiary alicyclic amines) is 1. The zero-order valence-electron chi connectivity index (χ0n) is 17.6. The first kappa shape index (κ1) is 20.0. The lowest BCUT2D eigenvalue weighted by atomic mass is 9.87. The number of nitrogens with one attached hydrogen (secondary N) is 1. The summed E-state index contributed by atoms with van der Waals surface area (Å²) in [4.78, 5) is 2.53. The monoisotopic (exact) mass is 426 g/mol. The smallest absolute Gasteiger partial charge is 0.229 e. The highest BCUT2D eigenvalue weighted by Gasteiger charge is 2.67. The molecular weight excluding hydrogens is 396 g/mol. The molecule has 0 spiro atoms. The second-order valence-electron chi connectivity index (χ2n) is 9.39. The summed E-state index contributed by atoms with van der Waals surface area (Å²) < 4.78 is 25.9. The summed E-state index contributed by atoms with van der Waals surface area (Å²) in [7, 11) is -3.28. The summed E-state index contributed by atoms with van der Waals surface area (Å²) >= 11 is 0. The Morgan fingerprint density at radius 2 is 1.87 bits per heavy atom. The fourth-order valence-corrected chi connectivity index (χ4v) is 6.92. The summed E-state index contributed by atoms with van der Waals surface area (Å²) in [6.07, 6.45) is 2.86. The van der Waals surface area contributed by atoms with Crippen LogP contribution in [0.4, 0.5) is 5.69 Å². The van der Waals surface area contributed by atoms with Gasteiger partial charge in [-0.25, -0.2) is 8.42 Å².